The minimum Gasteiger partial charge on any atom is -0.315 e. The van der Waals surface area contributed by atoms with Gasteiger partial charge in [0.05, 0.1) is 11.0 Å². The monoisotopic (exact) mass is 221 g/mol. The van der Waals surface area contributed by atoms with E-state index in [4.69, 9.17) is 0 Å². The van der Waals surface area contributed by atoms with Gasteiger partial charge >= 0.3 is 0 Å². The highest BCUT2D eigenvalue weighted by atomic mass is 32.2. The maximum Gasteiger partial charge on any atom is 0.154 e. The molecule has 0 saturated carbocycles. The predicted octanol–water partition coefficient (Wildman–Crippen LogP) is 1.59. The van der Waals surface area contributed by atoms with Crippen LogP contribution in [0.2, 0.25) is 0 Å². The smallest absolute Gasteiger partial charge is 0.154 e. The summed E-state index contributed by atoms with van der Waals surface area (Å²) in [6.45, 7) is 7.31. The van der Waals surface area contributed by atoms with E-state index < -0.39 is 9.84 Å². The second-order valence-electron chi connectivity index (χ2n) is 3.74. The Balaban J connectivity index is 3.78. The fraction of sp³-hybridized carbons (Fsp3) is 1.00. The molecule has 1 unspecified atom stereocenters. The van der Waals surface area contributed by atoms with E-state index in [-0.39, 0.29) is 5.25 Å². The average molecular weight is 221 g/mol. The zero-order valence-electron chi connectivity index (χ0n) is 9.54. The number of hydrogen-bond acceptors (Lipinski definition) is 3. The van der Waals surface area contributed by atoms with E-state index in [1.54, 1.807) is 6.92 Å². The molecule has 0 spiro atoms. The molecule has 0 aromatic heterocycles. The molecule has 0 aliphatic rings. The normalized spacial score (nSPS) is 14.2. The van der Waals surface area contributed by atoms with Crippen molar-refractivity contribution in [3.63, 3.8) is 0 Å². The van der Waals surface area contributed by atoms with Gasteiger partial charge < -0.3 is 5.32 Å². The Kier molecular flexibility index (Phi) is 7.19. The van der Waals surface area contributed by atoms with Crippen LogP contribution in [0.1, 0.15) is 40.0 Å². The molecule has 0 radical (unpaired) electrons. The standard InChI is InChI=1S/C10H23NO2S/c1-4-6-7-11-9-10(3)14(12,13)8-5-2/h10-11H,4-9H2,1-3H3. The molecule has 0 aliphatic heterocycles. The van der Waals surface area contributed by atoms with Crippen molar-refractivity contribution in [1.82, 2.24) is 5.32 Å². The lowest BCUT2D eigenvalue weighted by Crippen LogP contribution is -2.33. The van der Waals surface area contributed by atoms with Gasteiger partial charge in [0.15, 0.2) is 9.84 Å². The summed E-state index contributed by atoms with van der Waals surface area (Å²) in [5, 5.41) is 2.92. The van der Waals surface area contributed by atoms with Gasteiger partial charge in [-0.05, 0) is 26.3 Å². The third-order valence-electron chi connectivity index (χ3n) is 2.24. The van der Waals surface area contributed by atoms with Gasteiger partial charge in [0.25, 0.3) is 0 Å². The van der Waals surface area contributed by atoms with Gasteiger partial charge in [0.1, 0.15) is 0 Å². The van der Waals surface area contributed by atoms with E-state index in [9.17, 15) is 8.42 Å². The Bertz CT molecular complexity index is 224. The van der Waals surface area contributed by atoms with Crippen molar-refractivity contribution in [2.45, 2.75) is 45.3 Å². The summed E-state index contributed by atoms with van der Waals surface area (Å²) in [5.74, 6) is 0.309. The molecule has 0 rings (SSSR count). The highest BCUT2D eigenvalue weighted by Crippen LogP contribution is 2.02. The first kappa shape index (κ1) is 13.9. The molecule has 0 saturated heterocycles. The highest BCUT2D eigenvalue weighted by molar-refractivity contribution is 7.92. The number of sulfone groups is 1. The maximum atomic E-state index is 11.6. The minimum absolute atomic E-state index is 0.251. The van der Waals surface area contributed by atoms with E-state index in [1.807, 2.05) is 6.92 Å². The molecule has 4 heteroatoms. The second-order valence-corrected chi connectivity index (χ2v) is 6.27. The quantitative estimate of drug-likeness (QED) is 0.633. The van der Waals surface area contributed by atoms with Crippen LogP contribution in [0, 0.1) is 0 Å². The SMILES string of the molecule is CCCCNCC(C)S(=O)(=O)CCC. The molecule has 1 N–H and O–H groups in total. The lowest BCUT2D eigenvalue weighted by atomic mass is 10.3. The molecular formula is C10H23NO2S. The summed E-state index contributed by atoms with van der Waals surface area (Å²) in [7, 11) is -2.86. The van der Waals surface area contributed by atoms with E-state index in [1.165, 1.54) is 0 Å². The Morgan fingerprint density at radius 2 is 1.86 bits per heavy atom. The fourth-order valence-electron chi connectivity index (χ4n) is 1.22. The zero-order valence-corrected chi connectivity index (χ0v) is 10.4. The van der Waals surface area contributed by atoms with Crippen LogP contribution < -0.4 is 5.32 Å². The van der Waals surface area contributed by atoms with Crippen molar-refractivity contribution in [3.8, 4) is 0 Å². The number of unbranched alkanes of at least 4 members (excludes halogenated alkanes) is 1. The van der Waals surface area contributed by atoms with Crippen LogP contribution in [0.25, 0.3) is 0 Å². The summed E-state index contributed by atoms with van der Waals surface area (Å²) < 4.78 is 23.1. The van der Waals surface area contributed by atoms with Crippen LogP contribution in [0.3, 0.4) is 0 Å². The van der Waals surface area contributed by atoms with Crippen molar-refractivity contribution >= 4 is 9.84 Å². The van der Waals surface area contributed by atoms with E-state index in [0.717, 1.165) is 19.4 Å². The van der Waals surface area contributed by atoms with Gasteiger partial charge in [-0.3, -0.25) is 0 Å². The number of rotatable bonds is 8. The van der Waals surface area contributed by atoms with Crippen LogP contribution in [0.5, 0.6) is 0 Å². The van der Waals surface area contributed by atoms with Crippen molar-refractivity contribution in [3.05, 3.63) is 0 Å². The molecule has 0 heterocycles. The summed E-state index contributed by atoms with van der Waals surface area (Å²) in [6.07, 6.45) is 2.96. The first-order valence-corrected chi connectivity index (χ1v) is 7.18. The number of hydrogen-bond donors (Lipinski definition) is 1. The fourth-order valence-corrected chi connectivity index (χ4v) is 2.56. The molecule has 0 fully saturated rings. The first-order valence-electron chi connectivity index (χ1n) is 5.46. The van der Waals surface area contributed by atoms with Crippen molar-refractivity contribution in [2.24, 2.45) is 0 Å². The molecular weight excluding hydrogens is 198 g/mol. The molecule has 1 atom stereocenters. The molecule has 86 valence electrons. The van der Waals surface area contributed by atoms with Gasteiger partial charge in [-0.2, -0.15) is 0 Å². The highest BCUT2D eigenvalue weighted by Gasteiger charge is 2.18. The molecule has 0 bridgehead atoms. The second kappa shape index (κ2) is 7.23. The molecule has 3 nitrogen and oxygen atoms in total. The summed E-state index contributed by atoms with van der Waals surface area (Å²) in [6, 6.07) is 0. The molecule has 0 amide bonds. The maximum absolute atomic E-state index is 11.6. The molecule has 14 heavy (non-hydrogen) atoms. The summed E-state index contributed by atoms with van der Waals surface area (Å²) in [5.41, 5.74) is 0. The van der Waals surface area contributed by atoms with E-state index >= 15 is 0 Å². The lowest BCUT2D eigenvalue weighted by Gasteiger charge is -2.12. The van der Waals surface area contributed by atoms with Crippen molar-refractivity contribution in [2.75, 3.05) is 18.8 Å². The zero-order chi connectivity index (χ0) is 11.0. The summed E-state index contributed by atoms with van der Waals surface area (Å²) in [4.78, 5) is 0. The minimum atomic E-state index is -2.86. The van der Waals surface area contributed by atoms with E-state index in [2.05, 4.69) is 12.2 Å². The van der Waals surface area contributed by atoms with Crippen LogP contribution in [0.4, 0.5) is 0 Å². The largest absolute Gasteiger partial charge is 0.315 e. The third kappa shape index (κ3) is 5.60. The van der Waals surface area contributed by atoms with Crippen LogP contribution >= 0.6 is 0 Å². The van der Waals surface area contributed by atoms with Gasteiger partial charge in [-0.15, -0.1) is 0 Å². The van der Waals surface area contributed by atoms with Gasteiger partial charge in [0.2, 0.25) is 0 Å². The van der Waals surface area contributed by atoms with E-state index in [0.29, 0.717) is 18.7 Å². The Labute approximate surface area is 88.2 Å². The average Bonchev–Trinajstić information content (AvgIpc) is 2.12. The Morgan fingerprint density at radius 1 is 1.21 bits per heavy atom. The predicted molar refractivity (Wildman–Crippen MR) is 61.3 cm³/mol. The molecule has 0 aromatic carbocycles. The number of nitrogens with one attached hydrogen (secondary N) is 1. The Hall–Kier alpha value is -0.0900. The van der Waals surface area contributed by atoms with Crippen LogP contribution in [0.15, 0.2) is 0 Å². The Morgan fingerprint density at radius 3 is 2.36 bits per heavy atom. The first-order chi connectivity index (χ1) is 6.54. The van der Waals surface area contributed by atoms with Gasteiger partial charge in [-0.25, -0.2) is 8.42 Å². The van der Waals surface area contributed by atoms with Crippen LogP contribution in [-0.2, 0) is 9.84 Å². The van der Waals surface area contributed by atoms with Crippen molar-refractivity contribution < 1.29 is 8.42 Å². The lowest BCUT2D eigenvalue weighted by molar-refractivity contribution is 0.566. The molecule has 0 aromatic rings. The summed E-state index contributed by atoms with van der Waals surface area (Å²) >= 11 is 0. The topological polar surface area (TPSA) is 46.2 Å². The van der Waals surface area contributed by atoms with Crippen LogP contribution in [-0.4, -0.2) is 32.5 Å². The van der Waals surface area contributed by atoms with Gasteiger partial charge in [-0.1, -0.05) is 20.3 Å². The van der Waals surface area contributed by atoms with Crippen molar-refractivity contribution in [1.29, 1.82) is 0 Å². The van der Waals surface area contributed by atoms with Gasteiger partial charge in [0, 0.05) is 6.54 Å². The molecule has 0 aliphatic carbocycles. The third-order valence-corrected chi connectivity index (χ3v) is 4.61.